The average Bonchev–Trinajstić information content (AvgIpc) is 2.42. The number of nitrogens with one attached hydrogen (secondary N) is 1. The van der Waals surface area contributed by atoms with Crippen LogP contribution >= 0.6 is 15.9 Å². The van der Waals surface area contributed by atoms with Crippen LogP contribution in [0.5, 0.6) is 5.75 Å². The van der Waals surface area contributed by atoms with Crippen molar-refractivity contribution in [3.8, 4) is 5.75 Å². The van der Waals surface area contributed by atoms with Gasteiger partial charge in [0.1, 0.15) is 5.75 Å². The zero-order chi connectivity index (χ0) is 13.7. The fourth-order valence-corrected chi connectivity index (χ4v) is 2.02. The maximum absolute atomic E-state index is 11.9. The van der Waals surface area contributed by atoms with Gasteiger partial charge in [0, 0.05) is 23.4 Å². The molecular formula is C14H13BrN2O2. The highest BCUT2D eigenvalue weighted by Crippen LogP contribution is 2.21. The number of aromatic nitrogens is 1. The molecule has 0 unspecified atom stereocenters. The van der Waals surface area contributed by atoms with E-state index in [4.69, 9.17) is 0 Å². The van der Waals surface area contributed by atoms with E-state index in [1.807, 2.05) is 12.1 Å². The molecule has 19 heavy (non-hydrogen) atoms. The van der Waals surface area contributed by atoms with Crippen LogP contribution in [0.15, 0.2) is 47.2 Å². The lowest BCUT2D eigenvalue weighted by atomic mass is 10.1. The number of phenols is 1. The number of carbonyl (C=O) groups is 1. The molecule has 1 heterocycles. The number of pyridine rings is 1. The second-order valence-electron chi connectivity index (χ2n) is 4.02. The fraction of sp³-hybridized carbons (Fsp3) is 0.143. The lowest BCUT2D eigenvalue weighted by Crippen LogP contribution is -2.25. The molecular weight excluding hydrogens is 308 g/mol. The number of amides is 1. The molecule has 1 aromatic carbocycles. The van der Waals surface area contributed by atoms with Crippen molar-refractivity contribution in [2.75, 3.05) is 6.54 Å². The molecule has 4 nitrogen and oxygen atoms in total. The first kappa shape index (κ1) is 13.5. The van der Waals surface area contributed by atoms with E-state index in [9.17, 15) is 9.90 Å². The molecule has 0 bridgehead atoms. The van der Waals surface area contributed by atoms with Crippen molar-refractivity contribution in [1.82, 2.24) is 10.3 Å². The highest BCUT2D eigenvalue weighted by atomic mass is 79.9. The molecule has 0 atom stereocenters. The Hall–Kier alpha value is -1.88. The first-order valence-electron chi connectivity index (χ1n) is 5.82. The van der Waals surface area contributed by atoms with Gasteiger partial charge in [-0.15, -0.1) is 0 Å². The van der Waals surface area contributed by atoms with Crippen molar-refractivity contribution in [3.63, 3.8) is 0 Å². The highest BCUT2D eigenvalue weighted by Gasteiger charge is 2.10. The average molecular weight is 321 g/mol. The van der Waals surface area contributed by atoms with Crippen LogP contribution in [0.25, 0.3) is 0 Å². The summed E-state index contributed by atoms with van der Waals surface area (Å²) in [5.41, 5.74) is 1.37. The Bertz CT molecular complexity index is 573. The molecule has 5 heteroatoms. The summed E-state index contributed by atoms with van der Waals surface area (Å²) in [4.78, 5) is 15.8. The third-order valence-electron chi connectivity index (χ3n) is 2.65. The number of halogens is 1. The van der Waals surface area contributed by atoms with Gasteiger partial charge in [-0.05, 0) is 42.3 Å². The first-order valence-corrected chi connectivity index (χ1v) is 6.62. The third-order valence-corrected chi connectivity index (χ3v) is 3.15. The molecule has 0 spiro atoms. The van der Waals surface area contributed by atoms with Crippen LogP contribution in [-0.4, -0.2) is 22.5 Å². The smallest absolute Gasteiger partial charge is 0.255 e. The number of carbonyl (C=O) groups excluding carboxylic acids is 1. The van der Waals surface area contributed by atoms with Gasteiger partial charge in [0.15, 0.2) is 0 Å². The largest absolute Gasteiger partial charge is 0.507 e. The summed E-state index contributed by atoms with van der Waals surface area (Å²) in [6.45, 7) is 0.509. The summed E-state index contributed by atoms with van der Waals surface area (Å²) in [6.07, 6.45) is 4.16. The number of phenolic OH excluding ortho intramolecular Hbond substituents is 1. The van der Waals surface area contributed by atoms with E-state index >= 15 is 0 Å². The normalized spacial score (nSPS) is 10.2. The molecule has 0 radical (unpaired) electrons. The summed E-state index contributed by atoms with van der Waals surface area (Å²) in [6, 6.07) is 8.58. The molecule has 2 rings (SSSR count). The minimum absolute atomic E-state index is 0.0235. The van der Waals surface area contributed by atoms with E-state index in [1.165, 1.54) is 6.07 Å². The Kier molecular flexibility index (Phi) is 4.52. The van der Waals surface area contributed by atoms with E-state index in [0.29, 0.717) is 6.54 Å². The monoisotopic (exact) mass is 320 g/mol. The standard InChI is InChI=1S/C14H13BrN2O2/c15-11-1-2-13(18)12(9-11)14(19)17-8-5-10-3-6-16-7-4-10/h1-4,6-7,9,18H,5,8H2,(H,17,19). The lowest BCUT2D eigenvalue weighted by molar-refractivity contribution is 0.0951. The van der Waals surface area contributed by atoms with Gasteiger partial charge in [-0.3, -0.25) is 9.78 Å². The van der Waals surface area contributed by atoms with Crippen LogP contribution in [0.2, 0.25) is 0 Å². The third kappa shape index (κ3) is 3.79. The number of hydrogen-bond acceptors (Lipinski definition) is 3. The van der Waals surface area contributed by atoms with Gasteiger partial charge in [-0.25, -0.2) is 0 Å². The molecule has 0 aliphatic carbocycles. The number of aromatic hydroxyl groups is 1. The van der Waals surface area contributed by atoms with Gasteiger partial charge in [0.05, 0.1) is 5.56 Å². The number of benzene rings is 1. The van der Waals surface area contributed by atoms with Gasteiger partial charge in [-0.1, -0.05) is 15.9 Å². The molecule has 1 amide bonds. The summed E-state index contributed by atoms with van der Waals surface area (Å²) in [5, 5.41) is 12.4. The predicted molar refractivity (Wildman–Crippen MR) is 76.1 cm³/mol. The SMILES string of the molecule is O=C(NCCc1ccncc1)c1cc(Br)ccc1O. The van der Waals surface area contributed by atoms with E-state index in [1.54, 1.807) is 24.5 Å². The van der Waals surface area contributed by atoms with Crippen molar-refractivity contribution in [2.24, 2.45) is 0 Å². The predicted octanol–water partition coefficient (Wildman–Crippen LogP) is 2.52. The lowest BCUT2D eigenvalue weighted by Gasteiger charge is -2.07. The number of nitrogens with zero attached hydrogens (tertiary/aromatic N) is 1. The summed E-state index contributed by atoms with van der Waals surface area (Å²) < 4.78 is 0.754. The molecule has 0 aliphatic rings. The van der Waals surface area contributed by atoms with Crippen LogP contribution in [-0.2, 0) is 6.42 Å². The van der Waals surface area contributed by atoms with E-state index in [-0.39, 0.29) is 17.2 Å². The Morgan fingerprint density at radius 1 is 1.26 bits per heavy atom. The van der Waals surface area contributed by atoms with Gasteiger partial charge < -0.3 is 10.4 Å². The van der Waals surface area contributed by atoms with Gasteiger partial charge in [0.2, 0.25) is 0 Å². The zero-order valence-corrected chi connectivity index (χ0v) is 11.7. The van der Waals surface area contributed by atoms with Gasteiger partial charge >= 0.3 is 0 Å². The second-order valence-corrected chi connectivity index (χ2v) is 4.94. The van der Waals surface area contributed by atoms with Crippen molar-refractivity contribution in [1.29, 1.82) is 0 Å². The van der Waals surface area contributed by atoms with Gasteiger partial charge in [0.25, 0.3) is 5.91 Å². The van der Waals surface area contributed by atoms with Crippen molar-refractivity contribution >= 4 is 21.8 Å². The molecule has 1 aromatic heterocycles. The molecule has 2 aromatic rings. The first-order chi connectivity index (χ1) is 9.16. The molecule has 98 valence electrons. The minimum atomic E-state index is -0.284. The Balaban J connectivity index is 1.93. The molecule has 0 aliphatic heterocycles. The fourth-order valence-electron chi connectivity index (χ4n) is 1.66. The Morgan fingerprint density at radius 2 is 2.00 bits per heavy atom. The summed E-state index contributed by atoms with van der Waals surface area (Å²) in [5.74, 6) is -0.308. The van der Waals surface area contributed by atoms with E-state index in [2.05, 4.69) is 26.2 Å². The van der Waals surface area contributed by atoms with Crippen LogP contribution in [0, 0.1) is 0 Å². The second kappa shape index (κ2) is 6.33. The maximum Gasteiger partial charge on any atom is 0.255 e. The number of rotatable bonds is 4. The molecule has 0 saturated carbocycles. The minimum Gasteiger partial charge on any atom is -0.507 e. The zero-order valence-electron chi connectivity index (χ0n) is 10.1. The van der Waals surface area contributed by atoms with Crippen LogP contribution < -0.4 is 5.32 Å². The maximum atomic E-state index is 11.9. The summed E-state index contributed by atoms with van der Waals surface area (Å²) in [7, 11) is 0. The van der Waals surface area contributed by atoms with Crippen LogP contribution in [0.3, 0.4) is 0 Å². The van der Waals surface area contributed by atoms with Crippen LogP contribution in [0.1, 0.15) is 15.9 Å². The quantitative estimate of drug-likeness (QED) is 0.910. The molecule has 2 N–H and O–H groups in total. The van der Waals surface area contributed by atoms with Gasteiger partial charge in [-0.2, -0.15) is 0 Å². The Morgan fingerprint density at radius 3 is 2.74 bits per heavy atom. The van der Waals surface area contributed by atoms with Crippen molar-refractivity contribution in [2.45, 2.75) is 6.42 Å². The number of hydrogen-bond donors (Lipinski definition) is 2. The topological polar surface area (TPSA) is 62.2 Å². The summed E-state index contributed by atoms with van der Waals surface area (Å²) >= 11 is 3.27. The van der Waals surface area contributed by atoms with Crippen molar-refractivity contribution in [3.05, 3.63) is 58.3 Å². The molecule has 0 saturated heterocycles. The highest BCUT2D eigenvalue weighted by molar-refractivity contribution is 9.10. The van der Waals surface area contributed by atoms with E-state index in [0.717, 1.165) is 16.5 Å². The molecule has 0 fully saturated rings. The van der Waals surface area contributed by atoms with Crippen molar-refractivity contribution < 1.29 is 9.90 Å². The Labute approximate surface area is 119 Å². The van der Waals surface area contributed by atoms with E-state index < -0.39 is 0 Å². The van der Waals surface area contributed by atoms with Crippen LogP contribution in [0.4, 0.5) is 0 Å².